The number of benzene rings is 2. The van der Waals surface area contributed by atoms with Gasteiger partial charge in [0, 0.05) is 24.6 Å². The second kappa shape index (κ2) is 7.71. The van der Waals surface area contributed by atoms with Gasteiger partial charge in [-0.2, -0.15) is 0 Å². The van der Waals surface area contributed by atoms with Crippen molar-refractivity contribution in [3.63, 3.8) is 0 Å². The fraction of sp³-hybridized carbons (Fsp3) is 0.417. The molecule has 1 aliphatic carbocycles. The van der Waals surface area contributed by atoms with Crippen molar-refractivity contribution in [3.8, 4) is 5.75 Å². The maximum absolute atomic E-state index is 13.5. The van der Waals surface area contributed by atoms with Crippen LogP contribution in [-0.4, -0.2) is 58.6 Å². The van der Waals surface area contributed by atoms with Gasteiger partial charge in [-0.3, -0.25) is 5.32 Å². The molecule has 1 saturated heterocycles. The van der Waals surface area contributed by atoms with E-state index in [2.05, 4.69) is 29.2 Å². The Balaban J connectivity index is 1.49. The third kappa shape index (κ3) is 3.42. The molecule has 0 unspecified atom stereocenters. The highest BCUT2D eigenvalue weighted by Gasteiger charge is 2.51. The van der Waals surface area contributed by atoms with E-state index in [9.17, 15) is 14.3 Å². The number of hydrogen-bond donors (Lipinski definition) is 2. The van der Waals surface area contributed by atoms with Gasteiger partial charge in [0.15, 0.2) is 5.13 Å². The molecule has 3 atom stereocenters. The molecule has 32 heavy (non-hydrogen) atoms. The number of hydrogen-bond acceptors (Lipinski definition) is 5. The van der Waals surface area contributed by atoms with Gasteiger partial charge in [-0.05, 0) is 68.2 Å². The molecule has 1 aromatic heterocycles. The number of thiazole rings is 1. The quantitative estimate of drug-likeness (QED) is 0.595. The summed E-state index contributed by atoms with van der Waals surface area (Å²) in [5.74, 6) is -0.0875. The van der Waals surface area contributed by atoms with Gasteiger partial charge in [-0.1, -0.05) is 24.3 Å². The first-order valence-corrected chi connectivity index (χ1v) is 11.7. The van der Waals surface area contributed by atoms with Gasteiger partial charge in [0.05, 0.1) is 16.3 Å². The zero-order valence-corrected chi connectivity index (χ0v) is 19.2. The number of rotatable bonds is 2. The zero-order chi connectivity index (χ0) is 22.6. The maximum Gasteiger partial charge on any atom is 0.323 e. The number of halogens is 1. The number of amides is 2. The van der Waals surface area contributed by atoms with Crippen molar-refractivity contribution >= 4 is 32.7 Å². The average Bonchev–Trinajstić information content (AvgIpc) is 3.10. The summed E-state index contributed by atoms with van der Waals surface area (Å²) in [6.45, 7) is 3.18. The summed E-state index contributed by atoms with van der Waals surface area (Å²) >= 11 is 1.33. The number of carbonyl (C=O) groups is 1. The molecule has 2 amide bonds. The molecule has 8 heteroatoms. The standard InChI is InChI=1S/C24H27FN4O2S/c1-24-9-4-10-28(2)19(11-14-5-7-16(30)13-17(14)24)21(24)29(3)23(31)27-22-26-18-12-15(25)6-8-20(18)32-22/h5-8,12-13,19,21,30H,4,9-11H2,1-3H3,(H,26,27,31)/t19-,21+,24+/m1/s1. The third-order valence-corrected chi connectivity index (χ3v) is 8.18. The molecule has 2 heterocycles. The van der Waals surface area contributed by atoms with Gasteiger partial charge in [0.25, 0.3) is 0 Å². The van der Waals surface area contributed by atoms with Crippen LogP contribution in [0.4, 0.5) is 14.3 Å². The maximum atomic E-state index is 13.5. The highest BCUT2D eigenvalue weighted by Crippen LogP contribution is 2.47. The van der Waals surface area contributed by atoms with Crippen LogP contribution in [0.5, 0.6) is 5.75 Å². The van der Waals surface area contributed by atoms with Gasteiger partial charge >= 0.3 is 6.03 Å². The van der Waals surface area contributed by atoms with Gasteiger partial charge < -0.3 is 14.9 Å². The minimum Gasteiger partial charge on any atom is -0.508 e. The first kappa shape index (κ1) is 21.2. The van der Waals surface area contributed by atoms with E-state index < -0.39 is 0 Å². The summed E-state index contributed by atoms with van der Waals surface area (Å²) in [5, 5.41) is 13.6. The van der Waals surface area contributed by atoms with Crippen LogP contribution in [-0.2, 0) is 11.8 Å². The summed E-state index contributed by atoms with van der Waals surface area (Å²) in [4.78, 5) is 21.9. The Morgan fingerprint density at radius 2 is 2.16 bits per heavy atom. The van der Waals surface area contributed by atoms with E-state index in [0.717, 1.165) is 36.1 Å². The molecular weight excluding hydrogens is 427 g/mol. The fourth-order valence-corrected chi connectivity index (χ4v) is 6.52. The fourth-order valence-electron chi connectivity index (χ4n) is 5.68. The number of likely N-dealkylation sites (tertiary alicyclic amines) is 1. The molecule has 1 aliphatic heterocycles. The molecule has 2 aromatic carbocycles. The minimum absolute atomic E-state index is 0.0730. The van der Waals surface area contributed by atoms with E-state index in [4.69, 9.17) is 0 Å². The van der Waals surface area contributed by atoms with Crippen molar-refractivity contribution in [1.29, 1.82) is 0 Å². The smallest absolute Gasteiger partial charge is 0.323 e. The Kier molecular flexibility index (Phi) is 5.09. The summed E-state index contributed by atoms with van der Waals surface area (Å²) in [5.41, 5.74) is 2.62. The third-order valence-electron chi connectivity index (χ3n) is 7.23. The molecule has 2 bridgehead atoms. The number of nitrogens with zero attached hydrogens (tertiary/aromatic N) is 3. The molecule has 0 spiro atoms. The Bertz CT molecular complexity index is 1200. The van der Waals surface area contributed by atoms with Crippen LogP contribution >= 0.6 is 11.3 Å². The molecule has 168 valence electrons. The minimum atomic E-state index is -0.345. The lowest BCUT2D eigenvalue weighted by Crippen LogP contribution is -2.62. The van der Waals surface area contributed by atoms with Gasteiger partial charge in [0.2, 0.25) is 0 Å². The molecule has 5 rings (SSSR count). The molecule has 0 radical (unpaired) electrons. The highest BCUT2D eigenvalue weighted by molar-refractivity contribution is 7.22. The van der Waals surface area contributed by atoms with Crippen LogP contribution < -0.4 is 5.32 Å². The van der Waals surface area contributed by atoms with Gasteiger partial charge in [0.1, 0.15) is 11.6 Å². The molecule has 3 aromatic rings. The molecule has 1 fully saturated rings. The van der Waals surface area contributed by atoms with Gasteiger partial charge in [-0.15, -0.1) is 0 Å². The predicted octanol–water partition coefficient (Wildman–Crippen LogP) is 4.58. The number of likely N-dealkylation sites (N-methyl/N-ethyl adjacent to an activating group) is 2. The number of nitrogens with one attached hydrogen (secondary N) is 1. The second-order valence-electron chi connectivity index (χ2n) is 9.23. The lowest BCUT2D eigenvalue weighted by Gasteiger charge is -2.51. The Morgan fingerprint density at radius 3 is 2.97 bits per heavy atom. The monoisotopic (exact) mass is 454 g/mol. The predicted molar refractivity (Wildman–Crippen MR) is 125 cm³/mol. The van der Waals surface area contributed by atoms with E-state index in [0.29, 0.717) is 10.6 Å². The van der Waals surface area contributed by atoms with Crippen molar-refractivity contribution in [2.45, 2.75) is 43.7 Å². The molecular formula is C24H27FN4O2S. The summed E-state index contributed by atoms with van der Waals surface area (Å²) in [6, 6.07) is 9.95. The first-order valence-electron chi connectivity index (χ1n) is 10.9. The number of aromatic nitrogens is 1. The highest BCUT2D eigenvalue weighted by atomic mass is 32.1. The van der Waals surface area contributed by atoms with Crippen molar-refractivity contribution in [2.75, 3.05) is 26.0 Å². The van der Waals surface area contributed by atoms with E-state index in [1.165, 1.54) is 29.0 Å². The zero-order valence-electron chi connectivity index (χ0n) is 18.4. The lowest BCUT2D eigenvalue weighted by molar-refractivity contribution is 0.0883. The van der Waals surface area contributed by atoms with Crippen LogP contribution in [0.25, 0.3) is 10.2 Å². The Labute approximate surface area is 190 Å². The van der Waals surface area contributed by atoms with Crippen molar-refractivity contribution < 1.29 is 14.3 Å². The SMILES string of the molecule is CN1CCC[C@@]2(C)c3cc(O)ccc3C[C@@H]1[C@@H]2N(C)C(=O)Nc1nc2cc(F)ccc2s1. The van der Waals surface area contributed by atoms with E-state index in [-0.39, 0.29) is 35.1 Å². The van der Waals surface area contributed by atoms with E-state index in [1.807, 2.05) is 19.2 Å². The van der Waals surface area contributed by atoms with Gasteiger partial charge in [-0.25, -0.2) is 14.2 Å². The molecule has 2 aliphatic rings. The number of urea groups is 1. The van der Waals surface area contributed by atoms with Crippen LogP contribution in [0, 0.1) is 5.82 Å². The van der Waals surface area contributed by atoms with Crippen molar-refractivity contribution in [1.82, 2.24) is 14.8 Å². The number of aromatic hydroxyl groups is 1. The largest absolute Gasteiger partial charge is 0.508 e. The number of carbonyl (C=O) groups excluding carboxylic acids is 1. The Morgan fingerprint density at radius 1 is 1.34 bits per heavy atom. The summed E-state index contributed by atoms with van der Waals surface area (Å²) < 4.78 is 14.4. The summed E-state index contributed by atoms with van der Waals surface area (Å²) in [7, 11) is 3.97. The lowest BCUT2D eigenvalue weighted by atomic mass is 9.64. The number of anilines is 1. The first-order chi connectivity index (χ1) is 15.3. The van der Waals surface area contributed by atoms with E-state index >= 15 is 0 Å². The number of phenols is 1. The number of phenolic OH excluding ortho intramolecular Hbond substituents is 1. The van der Waals surface area contributed by atoms with Crippen LogP contribution in [0.15, 0.2) is 36.4 Å². The Hall–Kier alpha value is -2.71. The van der Waals surface area contributed by atoms with E-state index in [1.54, 1.807) is 17.0 Å². The summed E-state index contributed by atoms with van der Waals surface area (Å²) in [6.07, 6.45) is 2.77. The topological polar surface area (TPSA) is 68.7 Å². The van der Waals surface area contributed by atoms with Crippen LogP contribution in [0.3, 0.4) is 0 Å². The second-order valence-corrected chi connectivity index (χ2v) is 10.3. The van der Waals surface area contributed by atoms with Crippen molar-refractivity contribution in [3.05, 3.63) is 53.3 Å². The average molecular weight is 455 g/mol. The van der Waals surface area contributed by atoms with Crippen LogP contribution in [0.2, 0.25) is 0 Å². The molecule has 6 nitrogen and oxygen atoms in total. The van der Waals surface area contributed by atoms with Crippen molar-refractivity contribution in [2.24, 2.45) is 0 Å². The van der Waals surface area contributed by atoms with Crippen LogP contribution in [0.1, 0.15) is 30.9 Å². The number of fused-ring (bicyclic) bond motifs is 5. The molecule has 2 N–H and O–H groups in total. The normalized spacial score (nSPS) is 25.2. The molecule has 0 saturated carbocycles.